The van der Waals surface area contributed by atoms with Gasteiger partial charge in [-0.05, 0) is 58.0 Å². The molecule has 203 valence electrons. The Kier molecular flexibility index (Phi) is 9.70. The maximum absolute atomic E-state index is 12.4. The van der Waals surface area contributed by atoms with Crippen molar-refractivity contribution < 1.29 is 30.4 Å². The van der Waals surface area contributed by atoms with Crippen LogP contribution in [0.3, 0.4) is 0 Å². The molecule has 0 spiro atoms. The van der Waals surface area contributed by atoms with E-state index in [9.17, 15) is 25.9 Å². The van der Waals surface area contributed by atoms with E-state index >= 15 is 0 Å². The number of nitrogens with zero attached hydrogens (tertiary/aromatic N) is 2. The minimum atomic E-state index is -5.13. The van der Waals surface area contributed by atoms with E-state index in [2.05, 4.69) is 9.48 Å². The van der Waals surface area contributed by atoms with Gasteiger partial charge in [-0.1, -0.05) is 6.07 Å². The Labute approximate surface area is 250 Å². The quantitative estimate of drug-likeness (QED) is 0.144. The van der Waals surface area contributed by atoms with Crippen molar-refractivity contribution in [2.24, 2.45) is 0 Å². The zero-order valence-corrected chi connectivity index (χ0v) is 26.3. The molecule has 0 bridgehead atoms. The van der Waals surface area contributed by atoms with E-state index in [0.29, 0.717) is 33.9 Å². The Morgan fingerprint density at radius 2 is 1.51 bits per heavy atom. The molecule has 1 radical (unpaired) electrons. The predicted molar refractivity (Wildman–Crippen MR) is 152 cm³/mol. The van der Waals surface area contributed by atoms with Crippen molar-refractivity contribution in [2.75, 3.05) is 31.1 Å². The largest absolute Gasteiger partial charge is 0.744 e. The van der Waals surface area contributed by atoms with E-state index in [1.807, 2.05) is 52.0 Å². The molecule has 39 heavy (non-hydrogen) atoms. The van der Waals surface area contributed by atoms with Crippen molar-refractivity contribution in [1.29, 1.82) is 0 Å². The van der Waals surface area contributed by atoms with Gasteiger partial charge in [0.1, 0.15) is 34.6 Å². The molecule has 1 aliphatic carbocycles. The van der Waals surface area contributed by atoms with Crippen LogP contribution in [0.1, 0.15) is 27.7 Å². The summed E-state index contributed by atoms with van der Waals surface area (Å²) in [4.78, 5) is 0.708. The van der Waals surface area contributed by atoms with Crippen LogP contribution in [0.5, 0.6) is 0 Å². The Morgan fingerprint density at radius 3 is 2.08 bits per heavy atom. The molecule has 2 aromatic rings. The van der Waals surface area contributed by atoms with Gasteiger partial charge >= 0.3 is 0 Å². The van der Waals surface area contributed by atoms with Gasteiger partial charge in [0.2, 0.25) is 5.36 Å². The van der Waals surface area contributed by atoms with Crippen molar-refractivity contribution in [1.82, 2.24) is 4.58 Å². The van der Waals surface area contributed by atoms with Crippen LogP contribution in [-0.2, 0) is 20.2 Å². The third kappa shape index (κ3) is 6.25. The van der Waals surface area contributed by atoms with Crippen LogP contribution in [0.4, 0.5) is 5.69 Å². The Hall–Kier alpha value is -2.25. The number of benzene rings is 3. The van der Waals surface area contributed by atoms with E-state index in [0.717, 1.165) is 43.3 Å². The smallest absolute Gasteiger partial charge is 0.294 e. The van der Waals surface area contributed by atoms with Crippen LogP contribution in [0.2, 0.25) is 0 Å². The van der Waals surface area contributed by atoms with Crippen LogP contribution in [0.15, 0.2) is 68.8 Å². The van der Waals surface area contributed by atoms with Crippen molar-refractivity contribution in [3.8, 4) is 22.5 Å². The van der Waals surface area contributed by atoms with Crippen LogP contribution in [0.25, 0.3) is 33.4 Å². The van der Waals surface area contributed by atoms with Crippen LogP contribution < -0.4 is 14.8 Å². The average molecular weight is 582 g/mol. The molecule has 0 saturated carbocycles. The molecule has 0 saturated heterocycles. The molecule has 1 aliphatic heterocycles. The van der Waals surface area contributed by atoms with Crippen LogP contribution in [0, 0.1) is 0 Å². The van der Waals surface area contributed by atoms with Gasteiger partial charge in [-0.3, -0.25) is 4.55 Å². The number of anilines is 1. The minimum Gasteiger partial charge on any atom is -0.744 e. The summed E-state index contributed by atoms with van der Waals surface area (Å²) in [7, 11) is -9.88. The van der Waals surface area contributed by atoms with Crippen LogP contribution in [-0.4, -0.2) is 81.7 Å². The zero-order valence-electron chi connectivity index (χ0n) is 22.6. The van der Waals surface area contributed by atoms with E-state index in [4.69, 9.17) is 4.42 Å². The van der Waals surface area contributed by atoms with Crippen LogP contribution >= 0.6 is 0 Å². The SMILES string of the molecule is CCN(CC)c1ccc2c(-c3ccc(S(=O)(=O)O)cc3S(=O)(=O)[O-])c3ccc(=[N+](CC)CC)cc-3oc2c1.[Na]. The number of hydrogen-bond donors (Lipinski definition) is 1. The number of hydrogen-bond acceptors (Lipinski definition) is 7. The summed E-state index contributed by atoms with van der Waals surface area (Å²) >= 11 is 0. The summed E-state index contributed by atoms with van der Waals surface area (Å²) in [6.45, 7) is 11.2. The minimum absolute atomic E-state index is 0. The molecule has 0 fully saturated rings. The Bertz CT molecular complexity index is 1770. The maximum Gasteiger partial charge on any atom is 0.294 e. The topological polar surface area (TPSA) is 131 Å². The first kappa shape index (κ1) is 31.3. The molecule has 0 aromatic heterocycles. The Balaban J connectivity index is 0.00000420. The summed E-state index contributed by atoms with van der Waals surface area (Å²) in [5.41, 5.74) is 2.36. The van der Waals surface area contributed by atoms with Gasteiger partial charge in [0, 0.05) is 82.5 Å². The van der Waals surface area contributed by atoms with Gasteiger partial charge < -0.3 is 13.9 Å². The molecule has 0 unspecified atom stereocenters. The van der Waals surface area contributed by atoms with Crippen molar-refractivity contribution in [2.45, 2.75) is 37.5 Å². The molecule has 0 atom stereocenters. The summed E-state index contributed by atoms with van der Waals surface area (Å²) < 4.78 is 78.5. The van der Waals surface area contributed by atoms with Gasteiger partial charge in [0.25, 0.3) is 10.1 Å². The molecular weight excluding hydrogens is 551 g/mol. The maximum atomic E-state index is 12.4. The molecule has 1 N–H and O–H groups in total. The molecule has 4 rings (SSSR count). The summed E-state index contributed by atoms with van der Waals surface area (Å²) in [6, 6.07) is 14.1. The molecule has 9 nitrogen and oxygen atoms in total. The fourth-order valence-corrected chi connectivity index (χ4v) is 6.10. The van der Waals surface area contributed by atoms with Gasteiger partial charge in [-0.15, -0.1) is 0 Å². The molecule has 0 amide bonds. The van der Waals surface area contributed by atoms with Gasteiger partial charge in [-0.25, -0.2) is 13.0 Å². The third-order valence-electron chi connectivity index (χ3n) is 6.74. The van der Waals surface area contributed by atoms with Gasteiger partial charge in [0.05, 0.1) is 15.9 Å². The molecule has 12 heteroatoms. The number of rotatable bonds is 8. The second kappa shape index (κ2) is 12.1. The Morgan fingerprint density at radius 1 is 0.872 bits per heavy atom. The predicted octanol–water partition coefficient (Wildman–Crippen LogP) is 3.63. The summed E-state index contributed by atoms with van der Waals surface area (Å²) in [6.07, 6.45) is 0. The van der Waals surface area contributed by atoms with E-state index in [1.165, 1.54) is 6.07 Å². The first-order valence-electron chi connectivity index (χ1n) is 12.3. The van der Waals surface area contributed by atoms with Crippen molar-refractivity contribution in [3.63, 3.8) is 0 Å². The number of fused-ring (bicyclic) bond motifs is 2. The summed E-state index contributed by atoms with van der Waals surface area (Å²) in [5, 5.41) is 1.46. The molecule has 2 aromatic carbocycles. The second-order valence-corrected chi connectivity index (χ2v) is 11.5. The standard InChI is InChI=1S/C27H30N2O7S2.Na/c1-5-28(6-2)18-9-12-21-24(15-18)36-25-16-19(29(7-3)8-4)10-13-22(25)27(21)23-14-11-20(37(30,31)32)17-26(23)38(33,34)35;/h9-17H,5-8H2,1-4H3,(H-,30,31,32,33,34,35);. The molecule has 2 aliphatic rings. The second-order valence-electron chi connectivity index (χ2n) is 8.77. The van der Waals surface area contributed by atoms with Crippen molar-refractivity contribution in [3.05, 3.63) is 60.0 Å². The van der Waals surface area contributed by atoms with E-state index in [-0.39, 0.29) is 35.1 Å². The fourth-order valence-electron chi connectivity index (χ4n) is 4.81. The molecule has 1 heterocycles. The third-order valence-corrected chi connectivity index (χ3v) is 8.46. The first-order chi connectivity index (χ1) is 17.9. The first-order valence-corrected chi connectivity index (χ1v) is 15.2. The van der Waals surface area contributed by atoms with Crippen molar-refractivity contribution >= 4 is 66.5 Å². The average Bonchev–Trinajstić information content (AvgIpc) is 2.87. The monoisotopic (exact) mass is 581 g/mol. The van der Waals surface area contributed by atoms with Gasteiger partial charge in [-0.2, -0.15) is 8.42 Å². The fraction of sp³-hybridized carbons (Fsp3) is 0.296. The van der Waals surface area contributed by atoms with Gasteiger partial charge in [0.15, 0.2) is 0 Å². The van der Waals surface area contributed by atoms with E-state index in [1.54, 1.807) is 12.1 Å². The molecular formula is C27H30N2NaO7S2. The van der Waals surface area contributed by atoms with E-state index < -0.39 is 30.0 Å². The summed E-state index contributed by atoms with van der Waals surface area (Å²) in [5.74, 6) is 0.474. The zero-order chi connectivity index (χ0) is 27.8. The normalized spacial score (nSPS) is 11.9.